The third-order valence-corrected chi connectivity index (χ3v) is 3.12. The second-order valence-corrected chi connectivity index (χ2v) is 4.46. The summed E-state index contributed by atoms with van der Waals surface area (Å²) in [6, 6.07) is 3.46. The van der Waals surface area contributed by atoms with Crippen molar-refractivity contribution in [2.75, 3.05) is 13.2 Å². The van der Waals surface area contributed by atoms with Crippen LogP contribution < -0.4 is 0 Å². The fourth-order valence-electron chi connectivity index (χ4n) is 1.65. The highest BCUT2D eigenvalue weighted by molar-refractivity contribution is 6.42. The summed E-state index contributed by atoms with van der Waals surface area (Å²) in [5.74, 6) is 0.618. The van der Waals surface area contributed by atoms with Crippen molar-refractivity contribution >= 4 is 34.2 Å². The zero-order valence-electron chi connectivity index (χ0n) is 10.2. The molecule has 0 radical (unpaired) electrons. The van der Waals surface area contributed by atoms with E-state index in [1.807, 2.05) is 13.8 Å². The van der Waals surface area contributed by atoms with Gasteiger partial charge in [-0.15, -0.1) is 0 Å². The van der Waals surface area contributed by atoms with Crippen LogP contribution in [-0.4, -0.2) is 23.2 Å². The highest BCUT2D eigenvalue weighted by Crippen LogP contribution is 2.28. The van der Waals surface area contributed by atoms with E-state index >= 15 is 0 Å². The molecule has 0 saturated carbocycles. The van der Waals surface area contributed by atoms with Crippen LogP contribution in [0.2, 0.25) is 10.0 Å². The second kappa shape index (κ2) is 5.89. The van der Waals surface area contributed by atoms with Crippen molar-refractivity contribution in [1.29, 1.82) is 0 Å². The molecule has 1 aromatic heterocycles. The van der Waals surface area contributed by atoms with Crippen LogP contribution in [0.4, 0.5) is 0 Å². The number of halogens is 2. The van der Waals surface area contributed by atoms with Crippen LogP contribution in [0.5, 0.6) is 0 Å². The minimum Gasteiger partial charge on any atom is -0.346 e. The van der Waals surface area contributed by atoms with E-state index in [0.29, 0.717) is 29.1 Å². The smallest absolute Gasteiger partial charge is 0.217 e. The van der Waals surface area contributed by atoms with Gasteiger partial charge in [0.2, 0.25) is 6.29 Å². The van der Waals surface area contributed by atoms with Crippen molar-refractivity contribution < 1.29 is 9.47 Å². The van der Waals surface area contributed by atoms with Gasteiger partial charge < -0.3 is 14.5 Å². The summed E-state index contributed by atoms with van der Waals surface area (Å²) in [5.41, 5.74) is 1.55. The van der Waals surface area contributed by atoms with Crippen molar-refractivity contribution in [1.82, 2.24) is 9.97 Å². The highest BCUT2D eigenvalue weighted by atomic mass is 35.5. The molecule has 2 rings (SSSR count). The Morgan fingerprint density at radius 1 is 1.17 bits per heavy atom. The lowest BCUT2D eigenvalue weighted by Crippen LogP contribution is -2.10. The average molecular weight is 289 g/mol. The van der Waals surface area contributed by atoms with Gasteiger partial charge >= 0.3 is 0 Å². The van der Waals surface area contributed by atoms with E-state index in [4.69, 9.17) is 32.7 Å². The summed E-state index contributed by atoms with van der Waals surface area (Å²) in [6.45, 7) is 4.90. The Morgan fingerprint density at radius 2 is 1.78 bits per heavy atom. The number of nitrogens with one attached hydrogen (secondary N) is 1. The summed E-state index contributed by atoms with van der Waals surface area (Å²) in [4.78, 5) is 7.53. The van der Waals surface area contributed by atoms with Crippen LogP contribution in [0.15, 0.2) is 12.1 Å². The first-order chi connectivity index (χ1) is 8.65. The standard InChI is InChI=1S/C12H14Cl2N2O2/c1-3-17-12(18-4-2)11-15-9-5-7(13)8(14)6-10(9)16-11/h5-6,12H,3-4H2,1-2H3,(H,15,16). The minimum absolute atomic E-state index is 0.478. The Balaban J connectivity index is 2.38. The van der Waals surface area contributed by atoms with Gasteiger partial charge in [0.1, 0.15) is 0 Å². The largest absolute Gasteiger partial charge is 0.346 e. The molecule has 6 heteroatoms. The van der Waals surface area contributed by atoms with Crippen molar-refractivity contribution in [3.05, 3.63) is 28.0 Å². The van der Waals surface area contributed by atoms with Crippen molar-refractivity contribution in [2.45, 2.75) is 20.1 Å². The number of hydrogen-bond acceptors (Lipinski definition) is 3. The highest BCUT2D eigenvalue weighted by Gasteiger charge is 2.16. The summed E-state index contributed by atoms with van der Waals surface area (Å²) in [7, 11) is 0. The van der Waals surface area contributed by atoms with Gasteiger partial charge in [-0.3, -0.25) is 0 Å². The Hall–Kier alpha value is -0.810. The molecule has 0 amide bonds. The Kier molecular flexibility index (Phi) is 4.45. The molecular formula is C12H14Cl2N2O2. The molecule has 0 saturated heterocycles. The Labute approximate surface area is 115 Å². The summed E-state index contributed by atoms with van der Waals surface area (Å²) in [5, 5.41) is 0.968. The van der Waals surface area contributed by atoms with Crippen LogP contribution in [0, 0.1) is 0 Å². The maximum absolute atomic E-state index is 5.96. The number of hydrogen-bond donors (Lipinski definition) is 1. The van der Waals surface area contributed by atoms with Gasteiger partial charge in [0.25, 0.3) is 0 Å². The molecule has 0 bridgehead atoms. The summed E-state index contributed by atoms with van der Waals surface area (Å²) in [6.07, 6.45) is -0.495. The number of aromatic amines is 1. The predicted molar refractivity (Wildman–Crippen MR) is 72.1 cm³/mol. The zero-order chi connectivity index (χ0) is 13.1. The number of nitrogens with zero attached hydrogens (tertiary/aromatic N) is 1. The van der Waals surface area contributed by atoms with E-state index in [0.717, 1.165) is 11.0 Å². The molecule has 98 valence electrons. The molecule has 1 N–H and O–H groups in total. The summed E-state index contributed by atoms with van der Waals surface area (Å²) >= 11 is 11.9. The third-order valence-electron chi connectivity index (χ3n) is 2.40. The molecule has 18 heavy (non-hydrogen) atoms. The van der Waals surface area contributed by atoms with Gasteiger partial charge in [0, 0.05) is 13.2 Å². The molecule has 0 aliphatic heterocycles. The lowest BCUT2D eigenvalue weighted by Gasteiger charge is -2.13. The molecule has 0 aliphatic carbocycles. The van der Waals surface area contributed by atoms with E-state index in [-0.39, 0.29) is 0 Å². The van der Waals surface area contributed by atoms with Gasteiger partial charge in [-0.2, -0.15) is 0 Å². The molecule has 1 aromatic carbocycles. The first kappa shape index (κ1) is 13.6. The number of ether oxygens (including phenoxy) is 2. The van der Waals surface area contributed by atoms with E-state index in [9.17, 15) is 0 Å². The van der Waals surface area contributed by atoms with Crippen LogP contribution in [0.3, 0.4) is 0 Å². The molecule has 0 fully saturated rings. The van der Waals surface area contributed by atoms with Crippen LogP contribution in [-0.2, 0) is 9.47 Å². The molecule has 1 heterocycles. The average Bonchev–Trinajstić information content (AvgIpc) is 2.72. The Morgan fingerprint density at radius 3 is 2.39 bits per heavy atom. The van der Waals surface area contributed by atoms with E-state index in [2.05, 4.69) is 9.97 Å². The maximum atomic E-state index is 5.96. The quantitative estimate of drug-likeness (QED) is 0.848. The van der Waals surface area contributed by atoms with Gasteiger partial charge in [0.05, 0.1) is 21.1 Å². The SMILES string of the molecule is CCOC(OCC)c1nc2cc(Cl)c(Cl)cc2[nH]1. The molecule has 0 unspecified atom stereocenters. The van der Waals surface area contributed by atoms with E-state index < -0.39 is 6.29 Å². The number of aromatic nitrogens is 2. The van der Waals surface area contributed by atoms with Gasteiger partial charge in [-0.1, -0.05) is 23.2 Å². The number of rotatable bonds is 5. The van der Waals surface area contributed by atoms with Crippen molar-refractivity contribution in [3.8, 4) is 0 Å². The number of imidazole rings is 1. The molecule has 4 nitrogen and oxygen atoms in total. The summed E-state index contributed by atoms with van der Waals surface area (Å²) < 4.78 is 11.0. The lowest BCUT2D eigenvalue weighted by atomic mass is 10.3. The van der Waals surface area contributed by atoms with Crippen LogP contribution >= 0.6 is 23.2 Å². The van der Waals surface area contributed by atoms with Gasteiger partial charge in [-0.05, 0) is 26.0 Å². The Bertz CT molecular complexity index is 497. The van der Waals surface area contributed by atoms with Gasteiger partial charge in [0.15, 0.2) is 5.82 Å². The predicted octanol–water partition coefficient (Wildman–Crippen LogP) is 3.94. The normalized spacial score (nSPS) is 11.6. The van der Waals surface area contributed by atoms with Crippen molar-refractivity contribution in [2.24, 2.45) is 0 Å². The van der Waals surface area contributed by atoms with Crippen molar-refractivity contribution in [3.63, 3.8) is 0 Å². The maximum Gasteiger partial charge on any atom is 0.217 e. The lowest BCUT2D eigenvalue weighted by molar-refractivity contribution is -0.144. The molecule has 0 spiro atoms. The first-order valence-electron chi connectivity index (χ1n) is 5.73. The number of H-pyrrole nitrogens is 1. The second-order valence-electron chi connectivity index (χ2n) is 3.65. The first-order valence-corrected chi connectivity index (χ1v) is 6.49. The minimum atomic E-state index is -0.495. The molecular weight excluding hydrogens is 275 g/mol. The fourth-order valence-corrected chi connectivity index (χ4v) is 1.97. The van der Waals surface area contributed by atoms with Gasteiger partial charge in [-0.25, -0.2) is 4.98 Å². The fraction of sp³-hybridized carbons (Fsp3) is 0.417. The molecule has 2 aromatic rings. The number of fused-ring (bicyclic) bond motifs is 1. The number of benzene rings is 1. The van der Waals surface area contributed by atoms with E-state index in [1.54, 1.807) is 12.1 Å². The third kappa shape index (κ3) is 2.78. The zero-order valence-corrected chi connectivity index (χ0v) is 11.7. The van der Waals surface area contributed by atoms with E-state index in [1.165, 1.54) is 0 Å². The van der Waals surface area contributed by atoms with Crippen LogP contribution in [0.25, 0.3) is 11.0 Å². The molecule has 0 atom stereocenters. The molecule has 0 aliphatic rings. The topological polar surface area (TPSA) is 47.1 Å². The van der Waals surface area contributed by atoms with Crippen LogP contribution in [0.1, 0.15) is 26.0 Å². The monoisotopic (exact) mass is 288 g/mol.